The van der Waals surface area contributed by atoms with Gasteiger partial charge in [0.2, 0.25) is 0 Å². The minimum Gasteiger partial charge on any atom is -0.491 e. The van der Waals surface area contributed by atoms with Crippen molar-refractivity contribution in [3.63, 3.8) is 0 Å². The highest BCUT2D eigenvalue weighted by Gasteiger charge is 2.03. The number of para-hydroxylation sites is 1. The summed E-state index contributed by atoms with van der Waals surface area (Å²) in [7, 11) is 0. The molecule has 0 saturated heterocycles. The molecule has 0 bridgehead atoms. The third kappa shape index (κ3) is 4.04. The number of thioether (sulfide) groups is 1. The monoisotopic (exact) mass is 297 g/mol. The molecule has 0 aliphatic rings. The van der Waals surface area contributed by atoms with Crippen LogP contribution in [-0.4, -0.2) is 12.4 Å². The van der Waals surface area contributed by atoms with Crippen molar-refractivity contribution in [1.29, 1.82) is 0 Å². The van der Waals surface area contributed by atoms with Crippen molar-refractivity contribution in [3.8, 4) is 5.75 Å². The molecule has 0 aliphatic heterocycles. The van der Waals surface area contributed by atoms with Crippen LogP contribution >= 0.6 is 23.4 Å². The average Bonchev–Trinajstić information content (AvgIpc) is 2.40. The molecule has 2 aromatic carbocycles. The highest BCUT2D eigenvalue weighted by Crippen LogP contribution is 2.27. The largest absolute Gasteiger partial charge is 0.491 e. The van der Waals surface area contributed by atoms with Gasteiger partial charge in [-0.2, -0.15) is 0 Å². The van der Waals surface area contributed by atoms with Gasteiger partial charge in [-0.3, -0.25) is 0 Å². The van der Waals surface area contributed by atoms with E-state index in [1.165, 1.54) is 23.9 Å². The average molecular weight is 298 g/mol. The van der Waals surface area contributed by atoms with Crippen LogP contribution in [0.5, 0.6) is 5.75 Å². The SMILES string of the molecule is Nc1ccc(F)cc1SCCOc1ccccc1Cl. The predicted octanol–water partition coefficient (Wildman–Crippen LogP) is 4.23. The second kappa shape index (κ2) is 6.68. The maximum atomic E-state index is 13.1. The normalized spacial score (nSPS) is 10.4. The molecule has 2 N–H and O–H groups in total. The van der Waals surface area contributed by atoms with E-state index in [-0.39, 0.29) is 5.82 Å². The topological polar surface area (TPSA) is 35.2 Å². The molecule has 2 aromatic rings. The van der Waals surface area contributed by atoms with Crippen LogP contribution in [0.25, 0.3) is 0 Å². The molecule has 2 rings (SSSR count). The molecule has 0 saturated carbocycles. The van der Waals surface area contributed by atoms with E-state index in [4.69, 9.17) is 22.1 Å². The van der Waals surface area contributed by atoms with Crippen molar-refractivity contribution in [2.24, 2.45) is 0 Å². The summed E-state index contributed by atoms with van der Waals surface area (Å²) in [5.41, 5.74) is 6.33. The van der Waals surface area contributed by atoms with Gasteiger partial charge in [-0.25, -0.2) is 4.39 Å². The Morgan fingerprint density at radius 1 is 1.21 bits per heavy atom. The molecule has 5 heteroatoms. The summed E-state index contributed by atoms with van der Waals surface area (Å²) in [5.74, 6) is 1.03. The molecule has 0 spiro atoms. The Morgan fingerprint density at radius 3 is 2.79 bits per heavy atom. The van der Waals surface area contributed by atoms with Gasteiger partial charge < -0.3 is 10.5 Å². The van der Waals surface area contributed by atoms with E-state index in [9.17, 15) is 4.39 Å². The fourth-order valence-electron chi connectivity index (χ4n) is 1.50. The summed E-state index contributed by atoms with van der Waals surface area (Å²) in [6.07, 6.45) is 0. The molecule has 100 valence electrons. The number of nitrogens with two attached hydrogens (primary N) is 1. The van der Waals surface area contributed by atoms with Gasteiger partial charge in [0, 0.05) is 16.3 Å². The highest BCUT2D eigenvalue weighted by atomic mass is 35.5. The van der Waals surface area contributed by atoms with Crippen molar-refractivity contribution >= 4 is 29.1 Å². The van der Waals surface area contributed by atoms with E-state index >= 15 is 0 Å². The van der Waals surface area contributed by atoms with Crippen LogP contribution in [0.1, 0.15) is 0 Å². The highest BCUT2D eigenvalue weighted by molar-refractivity contribution is 7.99. The standard InChI is InChI=1S/C14H13ClFNOS/c15-11-3-1-2-4-13(11)18-7-8-19-14-9-10(16)5-6-12(14)17/h1-6,9H,7-8,17H2. The minimum absolute atomic E-state index is 0.288. The smallest absolute Gasteiger partial charge is 0.137 e. The van der Waals surface area contributed by atoms with Gasteiger partial charge >= 0.3 is 0 Å². The summed E-state index contributed by atoms with van der Waals surface area (Å²) in [5, 5.41) is 0.581. The first kappa shape index (κ1) is 14.0. The molecule has 0 radical (unpaired) electrons. The Labute approximate surface area is 120 Å². The third-order valence-corrected chi connectivity index (χ3v) is 3.76. The Bertz CT molecular complexity index is 565. The molecular weight excluding hydrogens is 285 g/mol. The molecule has 0 aromatic heterocycles. The number of rotatable bonds is 5. The van der Waals surface area contributed by atoms with Crippen LogP contribution in [0.15, 0.2) is 47.4 Å². The van der Waals surface area contributed by atoms with E-state index in [2.05, 4.69) is 0 Å². The van der Waals surface area contributed by atoms with Crippen LogP contribution in [0.2, 0.25) is 5.02 Å². The van der Waals surface area contributed by atoms with Crippen molar-refractivity contribution in [3.05, 3.63) is 53.3 Å². The zero-order valence-electron chi connectivity index (χ0n) is 10.1. The van der Waals surface area contributed by atoms with Crippen molar-refractivity contribution < 1.29 is 9.13 Å². The Balaban J connectivity index is 1.84. The number of halogens is 2. The van der Waals surface area contributed by atoms with E-state index in [1.54, 1.807) is 12.1 Å². The second-order valence-electron chi connectivity index (χ2n) is 3.81. The van der Waals surface area contributed by atoms with Gasteiger partial charge in [0.25, 0.3) is 0 Å². The molecule has 0 heterocycles. The maximum Gasteiger partial charge on any atom is 0.137 e. The van der Waals surface area contributed by atoms with Crippen LogP contribution in [0, 0.1) is 5.82 Å². The lowest BCUT2D eigenvalue weighted by molar-refractivity contribution is 0.344. The molecule has 19 heavy (non-hydrogen) atoms. The van der Waals surface area contributed by atoms with Gasteiger partial charge in [-0.15, -0.1) is 11.8 Å². The first-order valence-electron chi connectivity index (χ1n) is 5.72. The lowest BCUT2D eigenvalue weighted by Gasteiger charge is -2.08. The van der Waals surface area contributed by atoms with E-state index in [0.29, 0.717) is 28.8 Å². The van der Waals surface area contributed by atoms with E-state index in [1.807, 2.05) is 18.2 Å². The maximum absolute atomic E-state index is 13.1. The lowest BCUT2D eigenvalue weighted by atomic mass is 10.3. The Morgan fingerprint density at radius 2 is 2.00 bits per heavy atom. The summed E-state index contributed by atoms with van der Waals surface area (Å²) in [6, 6.07) is 11.6. The fourth-order valence-corrected chi connectivity index (χ4v) is 2.51. The van der Waals surface area contributed by atoms with Gasteiger partial charge in [-0.05, 0) is 30.3 Å². The molecule has 2 nitrogen and oxygen atoms in total. The van der Waals surface area contributed by atoms with Gasteiger partial charge in [0.1, 0.15) is 11.6 Å². The number of ether oxygens (including phenoxy) is 1. The predicted molar refractivity (Wildman–Crippen MR) is 78.5 cm³/mol. The van der Waals surface area contributed by atoms with Crippen molar-refractivity contribution in [1.82, 2.24) is 0 Å². The summed E-state index contributed by atoms with van der Waals surface area (Å²) >= 11 is 7.42. The minimum atomic E-state index is -0.288. The third-order valence-electron chi connectivity index (χ3n) is 2.41. The van der Waals surface area contributed by atoms with Crippen LogP contribution in [0.4, 0.5) is 10.1 Å². The zero-order chi connectivity index (χ0) is 13.7. The molecular formula is C14H13ClFNOS. The molecule has 0 aliphatic carbocycles. The van der Waals surface area contributed by atoms with Crippen LogP contribution < -0.4 is 10.5 Å². The number of nitrogen functional groups attached to an aromatic ring is 1. The van der Waals surface area contributed by atoms with Crippen molar-refractivity contribution in [2.45, 2.75) is 4.90 Å². The van der Waals surface area contributed by atoms with E-state index in [0.717, 1.165) is 4.90 Å². The fraction of sp³-hybridized carbons (Fsp3) is 0.143. The summed E-state index contributed by atoms with van der Waals surface area (Å²) in [6.45, 7) is 0.477. The molecule has 0 fully saturated rings. The van der Waals surface area contributed by atoms with E-state index < -0.39 is 0 Å². The summed E-state index contributed by atoms with van der Waals surface area (Å²) < 4.78 is 18.6. The number of hydrogen-bond donors (Lipinski definition) is 1. The molecule has 0 unspecified atom stereocenters. The van der Waals surface area contributed by atoms with Crippen LogP contribution in [-0.2, 0) is 0 Å². The first-order valence-corrected chi connectivity index (χ1v) is 7.08. The lowest BCUT2D eigenvalue weighted by Crippen LogP contribution is -2.01. The van der Waals surface area contributed by atoms with Crippen LogP contribution in [0.3, 0.4) is 0 Å². The number of hydrogen-bond acceptors (Lipinski definition) is 3. The Kier molecular flexibility index (Phi) is 4.93. The van der Waals surface area contributed by atoms with Gasteiger partial charge in [-0.1, -0.05) is 23.7 Å². The quantitative estimate of drug-likeness (QED) is 0.509. The molecule has 0 atom stereocenters. The summed E-state index contributed by atoms with van der Waals surface area (Å²) in [4.78, 5) is 0.725. The zero-order valence-corrected chi connectivity index (χ0v) is 11.7. The van der Waals surface area contributed by atoms with Gasteiger partial charge in [0.05, 0.1) is 11.6 Å². The van der Waals surface area contributed by atoms with Crippen molar-refractivity contribution in [2.75, 3.05) is 18.1 Å². The Hall–Kier alpha value is -1.39. The number of anilines is 1. The molecule has 0 amide bonds. The van der Waals surface area contributed by atoms with Gasteiger partial charge in [0.15, 0.2) is 0 Å². The number of benzene rings is 2. The second-order valence-corrected chi connectivity index (χ2v) is 5.35. The first-order chi connectivity index (χ1) is 9.16.